The standard InChI is InChI=1S/C25H29IN6OS/c1-4-12-31(5-2)13-14-32-24-23(22(28-16-29-24)18-8-6-7-9-20(18)27)30-25(32)34-21-15-17(33-3)10-11-19(21)26/h6-11,15-16H,4-5,12-14,27H2,1-3H3. The highest BCUT2D eigenvalue weighted by Crippen LogP contribution is 2.37. The van der Waals surface area contributed by atoms with Crippen molar-refractivity contribution in [1.82, 2.24) is 24.4 Å². The van der Waals surface area contributed by atoms with Crippen molar-refractivity contribution < 1.29 is 4.74 Å². The average Bonchev–Trinajstić information content (AvgIpc) is 3.20. The molecule has 4 aromatic rings. The summed E-state index contributed by atoms with van der Waals surface area (Å²) in [6.45, 7) is 8.20. The first-order valence-corrected chi connectivity index (χ1v) is 13.2. The summed E-state index contributed by atoms with van der Waals surface area (Å²) in [6, 6.07) is 13.8. The SMILES string of the molecule is CCCN(CC)CCn1c(Sc2cc(OC)ccc2I)nc2c(-c3ccccc3N)ncnc21. The quantitative estimate of drug-likeness (QED) is 0.192. The topological polar surface area (TPSA) is 82.1 Å². The normalized spacial score (nSPS) is 11.4. The van der Waals surface area contributed by atoms with Gasteiger partial charge in [-0.05, 0) is 66.4 Å². The minimum atomic E-state index is 0.675. The molecule has 178 valence electrons. The Morgan fingerprint density at radius 1 is 1.12 bits per heavy atom. The maximum absolute atomic E-state index is 6.29. The summed E-state index contributed by atoms with van der Waals surface area (Å²) in [5, 5.41) is 0.880. The van der Waals surface area contributed by atoms with Crippen molar-refractivity contribution in [2.75, 3.05) is 32.5 Å². The highest BCUT2D eigenvalue weighted by Gasteiger charge is 2.20. The van der Waals surface area contributed by atoms with Gasteiger partial charge in [0.1, 0.15) is 23.3 Å². The molecule has 0 unspecified atom stereocenters. The lowest BCUT2D eigenvalue weighted by Crippen LogP contribution is -2.28. The number of hydrogen-bond acceptors (Lipinski definition) is 7. The lowest BCUT2D eigenvalue weighted by Gasteiger charge is -2.20. The van der Waals surface area contributed by atoms with E-state index >= 15 is 0 Å². The number of ether oxygens (including phenoxy) is 1. The summed E-state index contributed by atoms with van der Waals surface area (Å²) in [6.07, 6.45) is 2.73. The number of hydrogen-bond donors (Lipinski definition) is 1. The summed E-state index contributed by atoms with van der Waals surface area (Å²) < 4.78 is 8.81. The number of fused-ring (bicyclic) bond motifs is 1. The highest BCUT2D eigenvalue weighted by atomic mass is 127. The molecule has 0 aliphatic carbocycles. The number of nitrogens with two attached hydrogens (primary N) is 1. The van der Waals surface area contributed by atoms with Crippen LogP contribution in [0.25, 0.3) is 22.4 Å². The minimum absolute atomic E-state index is 0.675. The van der Waals surface area contributed by atoms with Crippen molar-refractivity contribution in [2.45, 2.75) is 36.9 Å². The Bertz CT molecular complexity index is 1280. The zero-order valence-electron chi connectivity index (χ0n) is 19.7. The summed E-state index contributed by atoms with van der Waals surface area (Å²) in [7, 11) is 1.69. The van der Waals surface area contributed by atoms with E-state index in [1.54, 1.807) is 25.2 Å². The van der Waals surface area contributed by atoms with Gasteiger partial charge in [-0.1, -0.05) is 43.8 Å². The molecule has 4 rings (SSSR count). The van der Waals surface area contributed by atoms with Gasteiger partial charge in [0.15, 0.2) is 10.8 Å². The summed E-state index contributed by atoms with van der Waals surface area (Å²) in [5.74, 6) is 0.822. The van der Waals surface area contributed by atoms with Crippen LogP contribution in [0.4, 0.5) is 5.69 Å². The molecule has 0 radical (unpaired) electrons. The maximum atomic E-state index is 6.29. The first kappa shape index (κ1) is 24.7. The van der Waals surface area contributed by atoms with Gasteiger partial charge in [-0.25, -0.2) is 15.0 Å². The first-order chi connectivity index (χ1) is 16.5. The molecule has 0 saturated carbocycles. The summed E-state index contributed by atoms with van der Waals surface area (Å²) in [4.78, 5) is 17.8. The second-order valence-electron chi connectivity index (χ2n) is 7.86. The molecule has 0 aliphatic heterocycles. The fraction of sp³-hybridized carbons (Fsp3) is 0.320. The van der Waals surface area contributed by atoms with Gasteiger partial charge in [0.2, 0.25) is 0 Å². The third kappa shape index (κ3) is 5.31. The Balaban J connectivity index is 1.82. The van der Waals surface area contributed by atoms with Crippen LogP contribution < -0.4 is 10.5 Å². The molecule has 0 amide bonds. The number of likely N-dealkylation sites (N-methyl/N-ethyl adjacent to an activating group) is 1. The molecule has 9 heteroatoms. The number of benzene rings is 2. The van der Waals surface area contributed by atoms with E-state index in [0.29, 0.717) is 5.69 Å². The third-order valence-electron chi connectivity index (χ3n) is 5.68. The Morgan fingerprint density at radius 3 is 2.68 bits per heavy atom. The van der Waals surface area contributed by atoms with Crippen molar-refractivity contribution in [3.63, 3.8) is 0 Å². The Hall–Kier alpha value is -2.37. The van der Waals surface area contributed by atoms with Gasteiger partial charge >= 0.3 is 0 Å². The van der Waals surface area contributed by atoms with Gasteiger partial charge in [-0.15, -0.1) is 0 Å². The van der Waals surface area contributed by atoms with E-state index in [0.717, 1.165) is 74.4 Å². The molecule has 0 bridgehead atoms. The molecule has 2 aromatic carbocycles. The van der Waals surface area contributed by atoms with Crippen LogP contribution in [0.2, 0.25) is 0 Å². The van der Waals surface area contributed by atoms with Crippen LogP contribution >= 0.6 is 34.4 Å². The summed E-state index contributed by atoms with van der Waals surface area (Å²) in [5.41, 5.74) is 10.2. The zero-order chi connectivity index (χ0) is 24.1. The second-order valence-corrected chi connectivity index (χ2v) is 10.0. The number of nitrogens with zero attached hydrogens (tertiary/aromatic N) is 5. The van der Waals surface area contributed by atoms with Crippen molar-refractivity contribution in [1.29, 1.82) is 0 Å². The van der Waals surface area contributed by atoms with E-state index < -0.39 is 0 Å². The van der Waals surface area contributed by atoms with Crippen LogP contribution in [0.5, 0.6) is 5.75 Å². The third-order valence-corrected chi connectivity index (χ3v) is 8.04. The molecule has 2 N–H and O–H groups in total. The number of methoxy groups -OCH3 is 1. The van der Waals surface area contributed by atoms with Crippen LogP contribution in [0, 0.1) is 3.57 Å². The predicted octanol–water partition coefficient (Wildman–Crippen LogP) is 5.57. The molecule has 0 aliphatic rings. The fourth-order valence-electron chi connectivity index (χ4n) is 3.88. The Kier molecular flexibility index (Phi) is 8.28. The lowest BCUT2D eigenvalue weighted by atomic mass is 10.1. The smallest absolute Gasteiger partial charge is 0.175 e. The maximum Gasteiger partial charge on any atom is 0.175 e. The van der Waals surface area contributed by atoms with Crippen LogP contribution in [0.1, 0.15) is 20.3 Å². The number of nitrogen functional groups attached to an aromatic ring is 1. The zero-order valence-corrected chi connectivity index (χ0v) is 22.6. The van der Waals surface area contributed by atoms with E-state index in [4.69, 9.17) is 15.5 Å². The second kappa shape index (κ2) is 11.4. The van der Waals surface area contributed by atoms with Crippen molar-refractivity contribution >= 4 is 51.2 Å². The van der Waals surface area contributed by atoms with Crippen LogP contribution in [0.15, 0.2) is 58.8 Å². The molecule has 0 saturated heterocycles. The van der Waals surface area contributed by atoms with Crippen LogP contribution in [-0.2, 0) is 6.54 Å². The number of rotatable bonds is 10. The molecule has 2 aromatic heterocycles. The molecule has 7 nitrogen and oxygen atoms in total. The molecule has 0 fully saturated rings. The molecular formula is C25H29IN6OS. The van der Waals surface area contributed by atoms with Crippen LogP contribution in [0.3, 0.4) is 0 Å². The number of halogens is 1. The van der Waals surface area contributed by atoms with Crippen molar-refractivity contribution in [3.05, 3.63) is 52.4 Å². The van der Waals surface area contributed by atoms with Crippen LogP contribution in [-0.4, -0.2) is 51.2 Å². The van der Waals surface area contributed by atoms with Gasteiger partial charge in [0.25, 0.3) is 0 Å². The van der Waals surface area contributed by atoms with E-state index in [1.807, 2.05) is 36.4 Å². The number of anilines is 1. The van der Waals surface area contributed by atoms with Gasteiger partial charge in [0, 0.05) is 32.8 Å². The van der Waals surface area contributed by atoms with Gasteiger partial charge in [0.05, 0.1) is 7.11 Å². The van der Waals surface area contributed by atoms with E-state index in [-0.39, 0.29) is 0 Å². The highest BCUT2D eigenvalue weighted by molar-refractivity contribution is 14.1. The fourth-order valence-corrected chi connectivity index (χ4v) is 5.51. The van der Waals surface area contributed by atoms with Gasteiger partial charge in [-0.3, -0.25) is 0 Å². The number of imidazole rings is 1. The van der Waals surface area contributed by atoms with Gasteiger partial charge < -0.3 is 19.9 Å². The Morgan fingerprint density at radius 2 is 1.94 bits per heavy atom. The monoisotopic (exact) mass is 588 g/mol. The first-order valence-electron chi connectivity index (χ1n) is 11.4. The van der Waals surface area contributed by atoms with Crippen molar-refractivity contribution in [3.8, 4) is 17.0 Å². The number of para-hydroxylation sites is 1. The molecule has 2 heterocycles. The minimum Gasteiger partial charge on any atom is -0.497 e. The molecule has 34 heavy (non-hydrogen) atoms. The largest absolute Gasteiger partial charge is 0.497 e. The van der Waals surface area contributed by atoms with Crippen molar-refractivity contribution in [2.24, 2.45) is 0 Å². The summed E-state index contributed by atoms with van der Waals surface area (Å²) >= 11 is 3.98. The Labute approximate surface area is 218 Å². The van der Waals surface area contributed by atoms with E-state index in [2.05, 4.69) is 61.9 Å². The lowest BCUT2D eigenvalue weighted by molar-refractivity contribution is 0.275. The van der Waals surface area contributed by atoms with E-state index in [9.17, 15) is 0 Å². The average molecular weight is 589 g/mol. The number of aromatic nitrogens is 4. The molecule has 0 atom stereocenters. The molecular weight excluding hydrogens is 559 g/mol. The molecule has 0 spiro atoms. The predicted molar refractivity (Wildman–Crippen MR) is 147 cm³/mol. The van der Waals surface area contributed by atoms with E-state index in [1.165, 1.54) is 0 Å². The van der Waals surface area contributed by atoms with Gasteiger partial charge in [-0.2, -0.15) is 0 Å².